The van der Waals surface area contributed by atoms with Gasteiger partial charge in [0.2, 0.25) is 0 Å². The molecule has 2 rings (SSSR count). The highest BCUT2D eigenvalue weighted by Gasteiger charge is 2.25. The number of hydrogen-bond acceptors (Lipinski definition) is 3. The molecule has 1 aliphatic rings. The first-order valence-electron chi connectivity index (χ1n) is 6.29. The quantitative estimate of drug-likeness (QED) is 0.910. The van der Waals surface area contributed by atoms with E-state index < -0.39 is 0 Å². The molecule has 0 saturated heterocycles. The lowest BCUT2D eigenvalue weighted by Crippen LogP contribution is -2.39. The van der Waals surface area contributed by atoms with Crippen LogP contribution in [-0.4, -0.2) is 24.0 Å². The Balaban J connectivity index is 1.97. The van der Waals surface area contributed by atoms with Crippen LogP contribution in [0.5, 0.6) is 0 Å². The maximum absolute atomic E-state index is 6.00. The molecular formula is C13H21ClN2S. The van der Waals surface area contributed by atoms with Gasteiger partial charge < -0.3 is 5.73 Å². The highest BCUT2D eigenvalue weighted by Crippen LogP contribution is 2.31. The Morgan fingerprint density at radius 3 is 2.59 bits per heavy atom. The van der Waals surface area contributed by atoms with Crippen LogP contribution in [0.1, 0.15) is 44.2 Å². The topological polar surface area (TPSA) is 29.3 Å². The van der Waals surface area contributed by atoms with Gasteiger partial charge in [-0.1, -0.05) is 11.6 Å². The van der Waals surface area contributed by atoms with Crippen molar-refractivity contribution in [3.63, 3.8) is 0 Å². The summed E-state index contributed by atoms with van der Waals surface area (Å²) in [5.41, 5.74) is 7.28. The summed E-state index contributed by atoms with van der Waals surface area (Å²) in [6, 6.07) is 3.62. The maximum atomic E-state index is 6.00. The van der Waals surface area contributed by atoms with E-state index in [0.717, 1.165) is 17.2 Å². The number of rotatable bonds is 3. The highest BCUT2D eigenvalue weighted by molar-refractivity contribution is 7.14. The minimum atomic E-state index is 0.422. The zero-order chi connectivity index (χ0) is 12.4. The van der Waals surface area contributed by atoms with Crippen molar-refractivity contribution in [2.24, 2.45) is 5.73 Å². The Hall–Kier alpha value is -0.0900. The Morgan fingerprint density at radius 1 is 1.41 bits per heavy atom. The van der Waals surface area contributed by atoms with Crippen molar-refractivity contribution in [1.82, 2.24) is 4.90 Å². The normalized spacial score (nSPS) is 27.4. The van der Waals surface area contributed by atoms with Crippen LogP contribution >= 0.6 is 22.9 Å². The van der Waals surface area contributed by atoms with Gasteiger partial charge in [-0.25, -0.2) is 0 Å². The third-order valence-electron chi connectivity index (χ3n) is 4.00. The molecule has 1 fully saturated rings. The van der Waals surface area contributed by atoms with Gasteiger partial charge in [-0.15, -0.1) is 11.3 Å². The second-order valence-electron chi connectivity index (χ2n) is 5.09. The van der Waals surface area contributed by atoms with Crippen molar-refractivity contribution in [3.05, 3.63) is 21.3 Å². The molecule has 0 amide bonds. The van der Waals surface area contributed by atoms with Crippen LogP contribution in [0.25, 0.3) is 0 Å². The van der Waals surface area contributed by atoms with Crippen molar-refractivity contribution in [2.45, 2.75) is 50.7 Å². The Bertz CT molecular complexity index is 358. The zero-order valence-electron chi connectivity index (χ0n) is 10.5. The minimum absolute atomic E-state index is 0.422. The van der Waals surface area contributed by atoms with Crippen LogP contribution in [0.3, 0.4) is 0 Å². The smallest absolute Gasteiger partial charge is 0.0931 e. The number of hydrogen-bond donors (Lipinski definition) is 1. The summed E-state index contributed by atoms with van der Waals surface area (Å²) in [7, 11) is 2.22. The van der Waals surface area contributed by atoms with Crippen LogP contribution < -0.4 is 5.73 Å². The molecule has 1 aromatic heterocycles. The third-order valence-corrected chi connectivity index (χ3v) is 5.11. The van der Waals surface area contributed by atoms with Crippen LogP contribution in [0.2, 0.25) is 4.34 Å². The van der Waals surface area contributed by atoms with Gasteiger partial charge in [-0.2, -0.15) is 0 Å². The van der Waals surface area contributed by atoms with Crippen molar-refractivity contribution < 1.29 is 0 Å². The van der Waals surface area contributed by atoms with E-state index in [1.807, 2.05) is 0 Å². The van der Waals surface area contributed by atoms with Gasteiger partial charge in [0, 0.05) is 18.1 Å². The average Bonchev–Trinajstić information content (AvgIpc) is 2.75. The van der Waals surface area contributed by atoms with Gasteiger partial charge in [0.25, 0.3) is 0 Å². The SMILES string of the molecule is CC(c1csc(Cl)c1)N(C)C1CCC(N)CC1. The molecule has 0 aromatic carbocycles. The van der Waals surface area contributed by atoms with Gasteiger partial charge >= 0.3 is 0 Å². The average molecular weight is 273 g/mol. The van der Waals surface area contributed by atoms with E-state index >= 15 is 0 Å². The highest BCUT2D eigenvalue weighted by atomic mass is 35.5. The molecule has 0 radical (unpaired) electrons. The second kappa shape index (κ2) is 5.70. The first kappa shape index (κ1) is 13.3. The van der Waals surface area contributed by atoms with E-state index in [4.69, 9.17) is 17.3 Å². The van der Waals surface area contributed by atoms with Crippen molar-refractivity contribution in [1.29, 1.82) is 0 Å². The van der Waals surface area contributed by atoms with Crippen molar-refractivity contribution in [2.75, 3.05) is 7.05 Å². The lowest BCUT2D eigenvalue weighted by molar-refractivity contribution is 0.141. The molecule has 0 bridgehead atoms. The number of thiophene rings is 1. The summed E-state index contributed by atoms with van der Waals surface area (Å²) >= 11 is 7.61. The molecule has 96 valence electrons. The summed E-state index contributed by atoms with van der Waals surface area (Å²) in [5, 5.41) is 2.16. The number of nitrogens with two attached hydrogens (primary N) is 1. The molecule has 1 aliphatic carbocycles. The fourth-order valence-corrected chi connectivity index (χ4v) is 3.58. The molecule has 0 spiro atoms. The van der Waals surface area contributed by atoms with E-state index in [0.29, 0.717) is 18.1 Å². The molecule has 2 N–H and O–H groups in total. The van der Waals surface area contributed by atoms with Crippen molar-refractivity contribution in [3.8, 4) is 0 Å². The molecule has 0 aliphatic heterocycles. The molecule has 1 atom stereocenters. The molecular weight excluding hydrogens is 252 g/mol. The van der Waals surface area contributed by atoms with E-state index in [1.165, 1.54) is 18.4 Å². The minimum Gasteiger partial charge on any atom is -0.328 e. The largest absolute Gasteiger partial charge is 0.328 e. The number of nitrogens with zero attached hydrogens (tertiary/aromatic N) is 1. The van der Waals surface area contributed by atoms with E-state index in [2.05, 4.69) is 30.3 Å². The first-order chi connectivity index (χ1) is 8.08. The summed E-state index contributed by atoms with van der Waals surface area (Å²) in [6.45, 7) is 2.26. The van der Waals surface area contributed by atoms with Gasteiger partial charge in [0.05, 0.1) is 4.34 Å². The lowest BCUT2D eigenvalue weighted by Gasteiger charge is -2.37. The molecule has 1 unspecified atom stereocenters. The Kier molecular flexibility index (Phi) is 4.47. The van der Waals surface area contributed by atoms with E-state index in [-0.39, 0.29) is 0 Å². The summed E-state index contributed by atoms with van der Waals surface area (Å²) < 4.78 is 0.880. The van der Waals surface area contributed by atoms with Gasteiger partial charge in [-0.05, 0) is 56.7 Å². The molecule has 4 heteroatoms. The van der Waals surface area contributed by atoms with E-state index in [9.17, 15) is 0 Å². The van der Waals surface area contributed by atoms with Gasteiger partial charge in [-0.3, -0.25) is 4.90 Å². The molecule has 2 nitrogen and oxygen atoms in total. The third kappa shape index (κ3) is 3.22. The van der Waals surface area contributed by atoms with Gasteiger partial charge in [0.1, 0.15) is 0 Å². The lowest BCUT2D eigenvalue weighted by atomic mass is 9.90. The maximum Gasteiger partial charge on any atom is 0.0931 e. The predicted molar refractivity (Wildman–Crippen MR) is 75.7 cm³/mol. The van der Waals surface area contributed by atoms with Crippen LogP contribution in [0, 0.1) is 0 Å². The summed E-state index contributed by atoms with van der Waals surface area (Å²) in [6.07, 6.45) is 4.76. The summed E-state index contributed by atoms with van der Waals surface area (Å²) in [5.74, 6) is 0. The predicted octanol–water partition coefficient (Wildman–Crippen LogP) is 3.66. The number of halogens is 1. The Morgan fingerprint density at radius 2 is 2.06 bits per heavy atom. The zero-order valence-corrected chi connectivity index (χ0v) is 12.1. The van der Waals surface area contributed by atoms with Gasteiger partial charge in [0.15, 0.2) is 0 Å². The molecule has 17 heavy (non-hydrogen) atoms. The second-order valence-corrected chi connectivity index (χ2v) is 6.64. The Labute approximate surface area is 113 Å². The fraction of sp³-hybridized carbons (Fsp3) is 0.692. The monoisotopic (exact) mass is 272 g/mol. The van der Waals surface area contributed by atoms with Crippen molar-refractivity contribution >= 4 is 22.9 Å². The molecule has 1 heterocycles. The summed E-state index contributed by atoms with van der Waals surface area (Å²) in [4.78, 5) is 2.48. The fourth-order valence-electron chi connectivity index (χ4n) is 2.60. The van der Waals surface area contributed by atoms with Crippen LogP contribution in [0.15, 0.2) is 11.4 Å². The van der Waals surface area contributed by atoms with Crippen LogP contribution in [-0.2, 0) is 0 Å². The van der Waals surface area contributed by atoms with Crippen LogP contribution in [0.4, 0.5) is 0 Å². The first-order valence-corrected chi connectivity index (χ1v) is 7.55. The standard InChI is InChI=1S/C13H21ClN2S/c1-9(10-7-13(14)17-8-10)16(2)12-5-3-11(15)4-6-12/h7-9,11-12H,3-6,15H2,1-2H3. The molecule has 1 saturated carbocycles. The molecule has 1 aromatic rings. The van der Waals surface area contributed by atoms with E-state index in [1.54, 1.807) is 11.3 Å².